The highest BCUT2D eigenvalue weighted by Gasteiger charge is 2.41. The van der Waals surface area contributed by atoms with E-state index in [4.69, 9.17) is 0 Å². The predicted octanol–water partition coefficient (Wildman–Crippen LogP) is 6.16. The van der Waals surface area contributed by atoms with E-state index in [1.807, 2.05) is 0 Å². The maximum absolute atomic E-state index is 2.70. The third kappa shape index (κ3) is 7.46. The first kappa shape index (κ1) is 18.9. The molecule has 0 aliphatic heterocycles. The van der Waals surface area contributed by atoms with E-state index >= 15 is 0 Å². The Morgan fingerprint density at radius 3 is 0.778 bits per heavy atom. The second-order valence-corrected chi connectivity index (χ2v) is 37.8. The Bertz CT molecular complexity index is 228. The molecule has 0 aromatic rings. The molecule has 0 aliphatic carbocycles. The molecule has 4 heteroatoms. The molecule has 0 heterocycles. The standard InChI is InChI=1S/C14H38Si4/c1-15(2,3)11-13-17(7,8)18(9,10)14-12-16(4,5)6/h11-14H2,1-10H3. The molecule has 0 atom stereocenters. The molecule has 0 fully saturated rings. The number of hydrogen-bond donors (Lipinski definition) is 0. The molecule has 0 radical (unpaired) electrons. The summed E-state index contributed by atoms with van der Waals surface area (Å²) < 4.78 is 0. The average Bonchev–Trinajstić information content (AvgIpc) is 2.10. The summed E-state index contributed by atoms with van der Waals surface area (Å²) in [6, 6.07) is 6.34. The topological polar surface area (TPSA) is 0 Å². The van der Waals surface area contributed by atoms with Gasteiger partial charge in [0.25, 0.3) is 0 Å². The van der Waals surface area contributed by atoms with Crippen LogP contribution in [0.25, 0.3) is 0 Å². The Labute approximate surface area is 121 Å². The van der Waals surface area contributed by atoms with Gasteiger partial charge in [-0.1, -0.05) is 89.6 Å². The van der Waals surface area contributed by atoms with E-state index < -0.39 is 31.3 Å². The van der Waals surface area contributed by atoms with E-state index in [2.05, 4.69) is 65.5 Å². The summed E-state index contributed by atoms with van der Waals surface area (Å²) in [7, 11) is -3.57. The van der Waals surface area contributed by atoms with E-state index in [0.717, 1.165) is 0 Å². The van der Waals surface area contributed by atoms with Gasteiger partial charge in [0.1, 0.15) is 0 Å². The third-order valence-electron chi connectivity index (χ3n) is 4.83. The zero-order chi connectivity index (χ0) is 14.8. The monoisotopic (exact) mass is 318 g/mol. The van der Waals surface area contributed by atoms with Gasteiger partial charge < -0.3 is 0 Å². The molecule has 0 rings (SSSR count). The van der Waals surface area contributed by atoms with Crippen molar-refractivity contribution in [2.75, 3.05) is 0 Å². The minimum Gasteiger partial charge on any atom is -0.0713 e. The molecule has 0 N–H and O–H groups in total. The molecule has 0 nitrogen and oxygen atoms in total. The van der Waals surface area contributed by atoms with Gasteiger partial charge in [0.2, 0.25) is 0 Å². The molecule has 18 heavy (non-hydrogen) atoms. The molecule has 0 bridgehead atoms. The predicted molar refractivity (Wildman–Crippen MR) is 101 cm³/mol. The van der Waals surface area contributed by atoms with E-state index in [0.29, 0.717) is 0 Å². The van der Waals surface area contributed by atoms with Crippen LogP contribution in [0.1, 0.15) is 0 Å². The van der Waals surface area contributed by atoms with Crippen LogP contribution in [0.3, 0.4) is 0 Å². The second kappa shape index (κ2) is 6.10. The zero-order valence-corrected chi connectivity index (χ0v) is 18.8. The molecule has 0 aliphatic rings. The van der Waals surface area contributed by atoms with Gasteiger partial charge in [-0.2, -0.15) is 0 Å². The van der Waals surface area contributed by atoms with Crippen molar-refractivity contribution in [3.8, 4) is 0 Å². The summed E-state index contributed by atoms with van der Waals surface area (Å²) in [6.07, 6.45) is 0. The minimum atomic E-state index is -0.945. The smallest absolute Gasteiger partial charge is 0.0439 e. The zero-order valence-electron chi connectivity index (χ0n) is 14.8. The molecule has 0 saturated heterocycles. The quantitative estimate of drug-likeness (QED) is 0.493. The van der Waals surface area contributed by atoms with Crippen LogP contribution in [0.15, 0.2) is 0 Å². The first-order valence-electron chi connectivity index (χ1n) is 7.66. The minimum absolute atomic E-state index is 0.840. The van der Waals surface area contributed by atoms with Gasteiger partial charge >= 0.3 is 0 Å². The molecule has 0 unspecified atom stereocenters. The van der Waals surface area contributed by atoms with Crippen molar-refractivity contribution in [1.82, 2.24) is 0 Å². The fourth-order valence-corrected chi connectivity index (χ4v) is 20.7. The Kier molecular flexibility index (Phi) is 6.39. The first-order chi connectivity index (χ1) is 7.66. The van der Waals surface area contributed by atoms with Gasteiger partial charge in [-0.3, -0.25) is 0 Å². The molecule has 0 aromatic heterocycles. The van der Waals surface area contributed by atoms with Crippen LogP contribution in [0.2, 0.25) is 89.6 Å². The van der Waals surface area contributed by atoms with Crippen molar-refractivity contribution in [3.05, 3.63) is 0 Å². The Morgan fingerprint density at radius 1 is 0.389 bits per heavy atom. The Hall–Kier alpha value is 0.868. The van der Waals surface area contributed by atoms with Crippen LogP contribution in [-0.4, -0.2) is 31.3 Å². The van der Waals surface area contributed by atoms with Crippen LogP contribution in [-0.2, 0) is 0 Å². The van der Waals surface area contributed by atoms with Gasteiger partial charge in [-0.15, -0.1) is 0 Å². The van der Waals surface area contributed by atoms with E-state index in [1.54, 1.807) is 24.2 Å². The first-order valence-corrected chi connectivity index (χ1v) is 22.5. The van der Waals surface area contributed by atoms with Crippen molar-refractivity contribution < 1.29 is 0 Å². The van der Waals surface area contributed by atoms with E-state index in [1.165, 1.54) is 0 Å². The maximum Gasteiger partial charge on any atom is 0.0439 e. The molecular weight excluding hydrogens is 280 g/mol. The fraction of sp³-hybridized carbons (Fsp3) is 1.00. The number of rotatable bonds is 7. The van der Waals surface area contributed by atoms with Gasteiger partial charge in [-0.25, -0.2) is 0 Å². The van der Waals surface area contributed by atoms with Crippen molar-refractivity contribution in [1.29, 1.82) is 0 Å². The highest BCUT2D eigenvalue weighted by molar-refractivity contribution is 7.41. The molecule has 0 spiro atoms. The molecular formula is C14H38Si4. The second-order valence-electron chi connectivity index (χ2n) is 9.89. The summed E-state index contributed by atoms with van der Waals surface area (Å²) in [6.45, 7) is 26.0. The van der Waals surface area contributed by atoms with E-state index in [9.17, 15) is 0 Å². The summed E-state index contributed by atoms with van der Waals surface area (Å²) in [5.74, 6) is 0. The summed E-state index contributed by atoms with van der Waals surface area (Å²) in [5.41, 5.74) is 0. The van der Waals surface area contributed by atoms with Crippen molar-refractivity contribution >= 4 is 31.3 Å². The molecule has 110 valence electrons. The fourth-order valence-electron chi connectivity index (χ4n) is 2.05. The van der Waals surface area contributed by atoms with E-state index in [-0.39, 0.29) is 0 Å². The average molecular weight is 319 g/mol. The van der Waals surface area contributed by atoms with Crippen molar-refractivity contribution in [2.45, 2.75) is 89.6 Å². The maximum atomic E-state index is 2.70. The van der Waals surface area contributed by atoms with Gasteiger partial charge in [0.15, 0.2) is 0 Å². The Balaban J connectivity index is 4.55. The lowest BCUT2D eigenvalue weighted by molar-refractivity contribution is 1.25. The highest BCUT2D eigenvalue weighted by Crippen LogP contribution is 2.33. The molecule has 0 aromatic carbocycles. The highest BCUT2D eigenvalue weighted by atomic mass is 29.3. The van der Waals surface area contributed by atoms with Gasteiger partial charge in [-0.05, 0) is 0 Å². The molecule has 0 amide bonds. The lowest BCUT2D eigenvalue weighted by Crippen LogP contribution is -2.55. The van der Waals surface area contributed by atoms with Crippen LogP contribution in [0, 0.1) is 0 Å². The summed E-state index contributed by atoms with van der Waals surface area (Å²) in [4.78, 5) is 0. The van der Waals surface area contributed by atoms with Gasteiger partial charge in [0.05, 0.1) is 0 Å². The van der Waals surface area contributed by atoms with Crippen molar-refractivity contribution in [2.24, 2.45) is 0 Å². The third-order valence-corrected chi connectivity index (χ3v) is 28.5. The largest absolute Gasteiger partial charge is 0.0713 e. The number of hydrogen-bond acceptors (Lipinski definition) is 0. The molecule has 0 saturated carbocycles. The Morgan fingerprint density at radius 2 is 0.611 bits per heavy atom. The normalized spacial score (nSPS) is 15.0. The van der Waals surface area contributed by atoms with Crippen molar-refractivity contribution in [3.63, 3.8) is 0 Å². The van der Waals surface area contributed by atoms with Crippen LogP contribution >= 0.6 is 0 Å². The summed E-state index contributed by atoms with van der Waals surface area (Å²) in [5, 5.41) is 0. The van der Waals surface area contributed by atoms with Crippen LogP contribution in [0.5, 0.6) is 0 Å². The van der Waals surface area contributed by atoms with Gasteiger partial charge in [0, 0.05) is 31.3 Å². The van der Waals surface area contributed by atoms with Crippen LogP contribution < -0.4 is 0 Å². The van der Waals surface area contributed by atoms with Crippen LogP contribution in [0.4, 0.5) is 0 Å². The SMILES string of the molecule is C[Si](C)(C)CC[Si](C)(C)[Si](C)(C)CC[Si](C)(C)C. The lowest BCUT2D eigenvalue weighted by Gasteiger charge is -2.41. The summed E-state index contributed by atoms with van der Waals surface area (Å²) >= 11 is 0. The lowest BCUT2D eigenvalue weighted by atomic mass is 10.9.